The lowest BCUT2D eigenvalue weighted by molar-refractivity contribution is 0.225. The van der Waals surface area contributed by atoms with E-state index in [2.05, 4.69) is 29.1 Å². The molecule has 4 heteroatoms. The highest BCUT2D eigenvalue weighted by atomic mass is 79.9. The predicted molar refractivity (Wildman–Crippen MR) is 51.0 cm³/mol. The van der Waals surface area contributed by atoms with Gasteiger partial charge in [0.1, 0.15) is 0 Å². The van der Waals surface area contributed by atoms with Crippen molar-refractivity contribution in [3.63, 3.8) is 0 Å². The van der Waals surface area contributed by atoms with E-state index in [0.29, 0.717) is 8.72 Å². The fourth-order valence-corrected chi connectivity index (χ4v) is 1.54. The first kappa shape index (κ1) is 10.8. The Morgan fingerprint density at radius 1 is 1.73 bits per heavy atom. The van der Waals surface area contributed by atoms with E-state index >= 15 is 0 Å². The zero-order valence-electron chi connectivity index (χ0n) is 5.88. The number of aliphatic hydroxyl groups excluding tert-OH is 1. The fourth-order valence-electron chi connectivity index (χ4n) is 0.411. The van der Waals surface area contributed by atoms with Gasteiger partial charge in [0.05, 0.1) is 18.6 Å². The molecule has 1 unspecified atom stereocenters. The second kappa shape index (κ2) is 5.42. The van der Waals surface area contributed by atoms with Gasteiger partial charge in [-0.15, -0.1) is 0 Å². The SMILES string of the molecule is C=C(Br)SC(=C)C(O)CC#N. The average molecular weight is 234 g/mol. The van der Waals surface area contributed by atoms with Crippen LogP contribution in [0, 0.1) is 11.3 Å². The molecule has 0 aromatic heterocycles. The molecule has 60 valence electrons. The van der Waals surface area contributed by atoms with Crippen molar-refractivity contribution in [2.24, 2.45) is 0 Å². The largest absolute Gasteiger partial charge is 0.387 e. The normalized spacial score (nSPS) is 11.7. The summed E-state index contributed by atoms with van der Waals surface area (Å²) in [5.41, 5.74) is 0. The lowest BCUT2D eigenvalue weighted by atomic mass is 10.3. The monoisotopic (exact) mass is 233 g/mol. The molecule has 0 aliphatic rings. The Balaban J connectivity index is 3.85. The third-order valence-electron chi connectivity index (χ3n) is 0.898. The van der Waals surface area contributed by atoms with Crippen LogP contribution in [0.4, 0.5) is 0 Å². The number of hydrogen-bond donors (Lipinski definition) is 1. The van der Waals surface area contributed by atoms with Crippen LogP contribution in [0.1, 0.15) is 6.42 Å². The van der Waals surface area contributed by atoms with Gasteiger partial charge in [-0.1, -0.05) is 24.9 Å². The van der Waals surface area contributed by atoms with Crippen molar-refractivity contribution < 1.29 is 5.11 Å². The van der Waals surface area contributed by atoms with Crippen LogP contribution in [0.5, 0.6) is 0 Å². The summed E-state index contributed by atoms with van der Waals surface area (Å²) in [5.74, 6) is 0. The third-order valence-corrected chi connectivity index (χ3v) is 2.14. The number of thioether (sulfide) groups is 1. The van der Waals surface area contributed by atoms with E-state index in [4.69, 9.17) is 10.4 Å². The van der Waals surface area contributed by atoms with Gasteiger partial charge in [0.25, 0.3) is 0 Å². The Morgan fingerprint density at radius 3 is 2.64 bits per heavy atom. The molecule has 2 nitrogen and oxygen atoms in total. The zero-order valence-corrected chi connectivity index (χ0v) is 8.28. The van der Waals surface area contributed by atoms with Gasteiger partial charge < -0.3 is 5.11 Å². The van der Waals surface area contributed by atoms with E-state index < -0.39 is 6.10 Å². The minimum Gasteiger partial charge on any atom is -0.387 e. The molecule has 0 aliphatic carbocycles. The molecule has 0 amide bonds. The molecule has 0 aromatic rings. The van der Waals surface area contributed by atoms with Crippen LogP contribution in [0.25, 0.3) is 0 Å². The molecule has 0 aliphatic heterocycles. The molecule has 0 rings (SSSR count). The number of hydrogen-bond acceptors (Lipinski definition) is 3. The molecule has 0 radical (unpaired) electrons. The van der Waals surface area contributed by atoms with Crippen molar-refractivity contribution in [2.45, 2.75) is 12.5 Å². The second-order valence-electron chi connectivity index (χ2n) is 1.80. The third kappa shape index (κ3) is 5.08. The highest BCUT2D eigenvalue weighted by molar-refractivity contribution is 9.14. The van der Waals surface area contributed by atoms with E-state index in [9.17, 15) is 0 Å². The highest BCUT2D eigenvalue weighted by Crippen LogP contribution is 2.29. The maximum absolute atomic E-state index is 9.16. The van der Waals surface area contributed by atoms with Crippen LogP contribution in [0.3, 0.4) is 0 Å². The van der Waals surface area contributed by atoms with Crippen LogP contribution in [-0.2, 0) is 0 Å². The molecular weight excluding hydrogens is 226 g/mol. The zero-order chi connectivity index (χ0) is 8.85. The van der Waals surface area contributed by atoms with E-state index in [1.54, 1.807) is 0 Å². The molecule has 0 bridgehead atoms. The van der Waals surface area contributed by atoms with Gasteiger partial charge in [0.15, 0.2) is 0 Å². The standard InChI is InChI=1S/C7H8BrNOS/c1-5(11-6(2)8)7(10)3-4-9/h7,10H,1-3H2. The molecular formula is C7H8BrNOS. The average Bonchev–Trinajstić information content (AvgIpc) is 1.86. The summed E-state index contributed by atoms with van der Waals surface area (Å²) >= 11 is 4.34. The lowest BCUT2D eigenvalue weighted by Crippen LogP contribution is -2.05. The summed E-state index contributed by atoms with van der Waals surface area (Å²) in [4.78, 5) is 0.536. The highest BCUT2D eigenvalue weighted by Gasteiger charge is 2.08. The van der Waals surface area contributed by atoms with Gasteiger partial charge in [0.2, 0.25) is 0 Å². The molecule has 11 heavy (non-hydrogen) atoms. The number of halogens is 1. The number of nitrogens with zero attached hydrogens (tertiary/aromatic N) is 1. The minimum absolute atomic E-state index is 0.0755. The van der Waals surface area contributed by atoms with E-state index in [1.807, 2.05) is 6.07 Å². The molecule has 0 fully saturated rings. The van der Waals surface area contributed by atoms with Crippen LogP contribution in [-0.4, -0.2) is 11.2 Å². The van der Waals surface area contributed by atoms with Crippen molar-refractivity contribution in [3.05, 3.63) is 21.9 Å². The first-order chi connectivity index (χ1) is 5.07. The summed E-state index contributed by atoms with van der Waals surface area (Å²) in [7, 11) is 0. The van der Waals surface area contributed by atoms with E-state index in [-0.39, 0.29) is 6.42 Å². The van der Waals surface area contributed by atoms with Crippen molar-refractivity contribution in [1.29, 1.82) is 5.26 Å². The van der Waals surface area contributed by atoms with Gasteiger partial charge in [-0.05, 0) is 15.9 Å². The predicted octanol–water partition coefficient (Wildman–Crippen LogP) is 2.37. The molecule has 0 saturated carbocycles. The molecule has 0 heterocycles. The van der Waals surface area contributed by atoms with Gasteiger partial charge in [0, 0.05) is 8.72 Å². The molecule has 0 spiro atoms. The van der Waals surface area contributed by atoms with E-state index in [0.717, 1.165) is 0 Å². The Bertz CT molecular complexity index is 209. The first-order valence-corrected chi connectivity index (χ1v) is 4.45. The van der Waals surface area contributed by atoms with Gasteiger partial charge in [-0.2, -0.15) is 5.26 Å². The van der Waals surface area contributed by atoms with Crippen LogP contribution in [0.15, 0.2) is 21.9 Å². The number of rotatable bonds is 4. The summed E-state index contributed by atoms with van der Waals surface area (Å²) in [6.07, 6.45) is -0.689. The van der Waals surface area contributed by atoms with Crippen LogP contribution >= 0.6 is 27.7 Å². The van der Waals surface area contributed by atoms with Gasteiger partial charge in [-0.25, -0.2) is 0 Å². The number of nitriles is 1. The minimum atomic E-state index is -0.765. The van der Waals surface area contributed by atoms with Gasteiger partial charge in [-0.3, -0.25) is 0 Å². The molecule has 0 aromatic carbocycles. The van der Waals surface area contributed by atoms with Crippen LogP contribution in [0.2, 0.25) is 0 Å². The van der Waals surface area contributed by atoms with Crippen molar-refractivity contribution in [2.75, 3.05) is 0 Å². The maximum Gasteiger partial charge on any atom is 0.0975 e. The summed E-state index contributed by atoms with van der Waals surface area (Å²) in [6, 6.07) is 1.85. The summed E-state index contributed by atoms with van der Waals surface area (Å²) in [6.45, 7) is 7.15. The van der Waals surface area contributed by atoms with Crippen LogP contribution < -0.4 is 0 Å². The molecule has 0 saturated heterocycles. The van der Waals surface area contributed by atoms with Crippen molar-refractivity contribution in [1.82, 2.24) is 0 Å². The fraction of sp³-hybridized carbons (Fsp3) is 0.286. The Morgan fingerprint density at radius 2 is 2.27 bits per heavy atom. The molecule has 1 atom stereocenters. The number of aliphatic hydroxyl groups is 1. The Kier molecular flexibility index (Phi) is 5.30. The maximum atomic E-state index is 9.16. The lowest BCUT2D eigenvalue weighted by Gasteiger charge is -2.07. The van der Waals surface area contributed by atoms with Crippen molar-refractivity contribution >= 4 is 27.7 Å². The molecule has 1 N–H and O–H groups in total. The Labute approximate surface area is 78.7 Å². The Hall–Kier alpha value is -0.240. The summed E-state index contributed by atoms with van der Waals surface area (Å²) < 4.78 is 0.680. The van der Waals surface area contributed by atoms with E-state index in [1.165, 1.54) is 11.8 Å². The summed E-state index contributed by atoms with van der Waals surface area (Å²) in [5, 5.41) is 17.4. The smallest absolute Gasteiger partial charge is 0.0975 e. The van der Waals surface area contributed by atoms with Gasteiger partial charge >= 0.3 is 0 Å². The quantitative estimate of drug-likeness (QED) is 0.812. The van der Waals surface area contributed by atoms with Crippen molar-refractivity contribution in [3.8, 4) is 6.07 Å². The topological polar surface area (TPSA) is 44.0 Å². The second-order valence-corrected chi connectivity index (χ2v) is 4.50. The first-order valence-electron chi connectivity index (χ1n) is 2.84.